The SMILES string of the molecule is CN=C(NCCC(C)N(C)Cc1ccccc1)NCC(=O)OC(C)(C)C. The maximum absolute atomic E-state index is 11.7. The van der Waals surface area contributed by atoms with Crippen LogP contribution in [0.2, 0.25) is 0 Å². The molecule has 0 aromatic heterocycles. The van der Waals surface area contributed by atoms with Gasteiger partial charge in [0.25, 0.3) is 0 Å². The summed E-state index contributed by atoms with van der Waals surface area (Å²) in [7, 11) is 3.82. The normalized spacial score (nSPS) is 13.4. The first-order chi connectivity index (χ1) is 12.2. The van der Waals surface area contributed by atoms with Gasteiger partial charge in [0.2, 0.25) is 0 Å². The zero-order valence-electron chi connectivity index (χ0n) is 17.0. The van der Waals surface area contributed by atoms with Crippen LogP contribution >= 0.6 is 0 Å². The van der Waals surface area contributed by atoms with Gasteiger partial charge in [0.15, 0.2) is 5.96 Å². The van der Waals surface area contributed by atoms with Gasteiger partial charge in [-0.25, -0.2) is 0 Å². The van der Waals surface area contributed by atoms with Gasteiger partial charge >= 0.3 is 5.97 Å². The molecule has 0 bridgehead atoms. The summed E-state index contributed by atoms with van der Waals surface area (Å²) in [6, 6.07) is 10.9. The van der Waals surface area contributed by atoms with Crippen LogP contribution in [0, 0.1) is 0 Å². The van der Waals surface area contributed by atoms with E-state index in [2.05, 4.69) is 58.8 Å². The molecule has 1 aromatic carbocycles. The van der Waals surface area contributed by atoms with Gasteiger partial charge in [-0.3, -0.25) is 14.7 Å². The van der Waals surface area contributed by atoms with Crippen molar-refractivity contribution < 1.29 is 9.53 Å². The first-order valence-electron chi connectivity index (χ1n) is 9.12. The maximum Gasteiger partial charge on any atom is 0.325 e. The van der Waals surface area contributed by atoms with Gasteiger partial charge in [-0.05, 0) is 46.7 Å². The Hall–Kier alpha value is -2.08. The number of aliphatic imine (C=N–C) groups is 1. The summed E-state index contributed by atoms with van der Waals surface area (Å²) in [5.41, 5.74) is 0.832. The Morgan fingerprint density at radius 1 is 1.23 bits per heavy atom. The molecule has 0 saturated heterocycles. The van der Waals surface area contributed by atoms with Crippen molar-refractivity contribution in [2.75, 3.05) is 27.2 Å². The fraction of sp³-hybridized carbons (Fsp3) is 0.600. The average molecular weight is 363 g/mol. The van der Waals surface area contributed by atoms with Crippen LogP contribution in [0.3, 0.4) is 0 Å². The fourth-order valence-corrected chi connectivity index (χ4v) is 2.40. The molecule has 0 saturated carbocycles. The largest absolute Gasteiger partial charge is 0.459 e. The summed E-state index contributed by atoms with van der Waals surface area (Å²) in [5.74, 6) is 0.310. The summed E-state index contributed by atoms with van der Waals surface area (Å²) >= 11 is 0. The molecule has 146 valence electrons. The van der Waals surface area contributed by atoms with E-state index in [0.717, 1.165) is 19.5 Å². The van der Waals surface area contributed by atoms with Crippen LogP contribution in [0.5, 0.6) is 0 Å². The summed E-state index contributed by atoms with van der Waals surface area (Å²) in [6.45, 7) is 9.56. The third kappa shape index (κ3) is 9.42. The van der Waals surface area contributed by atoms with Crippen LogP contribution in [0.4, 0.5) is 0 Å². The number of hydrogen-bond acceptors (Lipinski definition) is 4. The molecular weight excluding hydrogens is 328 g/mol. The lowest BCUT2D eigenvalue weighted by atomic mass is 10.1. The molecule has 1 rings (SSSR count). The molecule has 1 atom stereocenters. The van der Waals surface area contributed by atoms with Crippen LogP contribution < -0.4 is 10.6 Å². The molecule has 0 aliphatic rings. The fourth-order valence-electron chi connectivity index (χ4n) is 2.40. The highest BCUT2D eigenvalue weighted by Crippen LogP contribution is 2.08. The average Bonchev–Trinajstić information content (AvgIpc) is 2.57. The van der Waals surface area contributed by atoms with E-state index in [1.807, 2.05) is 26.8 Å². The van der Waals surface area contributed by atoms with Crippen molar-refractivity contribution in [3.05, 3.63) is 35.9 Å². The molecule has 1 unspecified atom stereocenters. The van der Waals surface area contributed by atoms with Gasteiger partial charge in [0.05, 0.1) is 0 Å². The van der Waals surface area contributed by atoms with Gasteiger partial charge in [-0.2, -0.15) is 0 Å². The van der Waals surface area contributed by atoms with E-state index >= 15 is 0 Å². The lowest BCUT2D eigenvalue weighted by Crippen LogP contribution is -2.43. The molecule has 1 aromatic rings. The van der Waals surface area contributed by atoms with Crippen molar-refractivity contribution in [3.8, 4) is 0 Å². The molecule has 0 heterocycles. The maximum atomic E-state index is 11.7. The van der Waals surface area contributed by atoms with Gasteiger partial charge in [0.1, 0.15) is 12.1 Å². The molecule has 0 aliphatic carbocycles. The summed E-state index contributed by atoms with van der Waals surface area (Å²) < 4.78 is 5.27. The summed E-state index contributed by atoms with van der Waals surface area (Å²) in [5, 5.41) is 6.23. The number of carbonyl (C=O) groups is 1. The second-order valence-corrected chi connectivity index (χ2v) is 7.48. The topological polar surface area (TPSA) is 66.0 Å². The minimum atomic E-state index is -0.478. The number of guanidine groups is 1. The molecule has 2 N–H and O–H groups in total. The van der Waals surface area contributed by atoms with E-state index in [-0.39, 0.29) is 12.5 Å². The van der Waals surface area contributed by atoms with Crippen molar-refractivity contribution in [1.82, 2.24) is 15.5 Å². The number of rotatable bonds is 8. The van der Waals surface area contributed by atoms with Gasteiger partial charge in [0, 0.05) is 26.2 Å². The van der Waals surface area contributed by atoms with Crippen molar-refractivity contribution in [3.63, 3.8) is 0 Å². The predicted molar refractivity (Wildman–Crippen MR) is 107 cm³/mol. The van der Waals surface area contributed by atoms with Crippen LogP contribution in [-0.2, 0) is 16.1 Å². The zero-order chi connectivity index (χ0) is 19.6. The van der Waals surface area contributed by atoms with E-state index < -0.39 is 5.60 Å². The van der Waals surface area contributed by atoms with Gasteiger partial charge in [-0.1, -0.05) is 30.3 Å². The minimum Gasteiger partial charge on any atom is -0.459 e. The third-order valence-electron chi connectivity index (χ3n) is 3.93. The highest BCUT2D eigenvalue weighted by atomic mass is 16.6. The Morgan fingerprint density at radius 2 is 1.88 bits per heavy atom. The first-order valence-corrected chi connectivity index (χ1v) is 9.12. The number of hydrogen-bond donors (Lipinski definition) is 2. The molecule has 0 radical (unpaired) electrons. The third-order valence-corrected chi connectivity index (χ3v) is 3.93. The Morgan fingerprint density at radius 3 is 2.46 bits per heavy atom. The minimum absolute atomic E-state index is 0.0976. The van der Waals surface area contributed by atoms with E-state index in [1.54, 1.807) is 7.05 Å². The monoisotopic (exact) mass is 362 g/mol. The summed E-state index contributed by atoms with van der Waals surface area (Å²) in [4.78, 5) is 18.2. The van der Waals surface area contributed by atoms with E-state index in [0.29, 0.717) is 12.0 Å². The van der Waals surface area contributed by atoms with E-state index in [9.17, 15) is 4.79 Å². The van der Waals surface area contributed by atoms with E-state index in [1.165, 1.54) is 5.56 Å². The highest BCUT2D eigenvalue weighted by Gasteiger charge is 2.16. The predicted octanol–water partition coefficient (Wildman–Crippen LogP) is 2.40. The molecule has 0 spiro atoms. The number of benzene rings is 1. The number of ether oxygens (including phenoxy) is 1. The van der Waals surface area contributed by atoms with Crippen molar-refractivity contribution in [1.29, 1.82) is 0 Å². The lowest BCUT2D eigenvalue weighted by molar-refractivity contribution is -0.153. The number of carbonyl (C=O) groups excluding carboxylic acids is 1. The molecule has 6 nitrogen and oxygen atoms in total. The molecule has 6 heteroatoms. The molecule has 0 fully saturated rings. The van der Waals surface area contributed by atoms with Crippen molar-refractivity contribution >= 4 is 11.9 Å². The van der Waals surface area contributed by atoms with E-state index in [4.69, 9.17) is 4.74 Å². The zero-order valence-corrected chi connectivity index (χ0v) is 17.0. The number of esters is 1. The van der Waals surface area contributed by atoms with Crippen LogP contribution in [0.25, 0.3) is 0 Å². The van der Waals surface area contributed by atoms with Gasteiger partial charge in [-0.15, -0.1) is 0 Å². The second-order valence-electron chi connectivity index (χ2n) is 7.48. The summed E-state index contributed by atoms with van der Waals surface area (Å²) in [6.07, 6.45) is 0.969. The Bertz CT molecular complexity index is 567. The smallest absolute Gasteiger partial charge is 0.325 e. The Balaban J connectivity index is 2.30. The molecule has 0 amide bonds. The first kappa shape index (κ1) is 22.0. The van der Waals surface area contributed by atoms with Crippen LogP contribution in [0.15, 0.2) is 35.3 Å². The quantitative estimate of drug-likeness (QED) is 0.422. The molecular formula is C20H34N4O2. The number of nitrogens with zero attached hydrogens (tertiary/aromatic N) is 2. The molecule has 0 aliphatic heterocycles. The standard InChI is InChI=1S/C20H34N4O2/c1-16(24(6)15-17-10-8-7-9-11-17)12-13-22-19(21-5)23-14-18(25)26-20(2,3)4/h7-11,16H,12-15H2,1-6H3,(H2,21,22,23). The Kier molecular flexibility index (Phi) is 9.13. The molecule has 26 heavy (non-hydrogen) atoms. The second kappa shape index (κ2) is 10.8. The van der Waals surface area contributed by atoms with Crippen LogP contribution in [0.1, 0.15) is 39.7 Å². The Labute approximate surface area is 158 Å². The van der Waals surface area contributed by atoms with Crippen molar-refractivity contribution in [2.45, 2.75) is 52.3 Å². The lowest BCUT2D eigenvalue weighted by Gasteiger charge is -2.25. The van der Waals surface area contributed by atoms with Gasteiger partial charge < -0.3 is 15.4 Å². The highest BCUT2D eigenvalue weighted by molar-refractivity contribution is 5.84. The van der Waals surface area contributed by atoms with Crippen molar-refractivity contribution in [2.24, 2.45) is 4.99 Å². The number of nitrogens with one attached hydrogen (secondary N) is 2. The van der Waals surface area contributed by atoms with Crippen LogP contribution in [-0.4, -0.2) is 55.7 Å².